The van der Waals surface area contributed by atoms with E-state index in [9.17, 15) is 0 Å². The Balaban J connectivity index is 1.29. The summed E-state index contributed by atoms with van der Waals surface area (Å²) in [5.41, 5.74) is 18.3. The van der Waals surface area contributed by atoms with Crippen LogP contribution >= 0.6 is 0 Å². The zero-order chi connectivity index (χ0) is 42.1. The van der Waals surface area contributed by atoms with E-state index in [1.54, 1.807) is 0 Å². The molecule has 298 valence electrons. The molecule has 4 heteroatoms. The summed E-state index contributed by atoms with van der Waals surface area (Å²) in [5.74, 6) is 0. The van der Waals surface area contributed by atoms with Crippen molar-refractivity contribution in [3.63, 3.8) is 0 Å². The fourth-order valence-corrected chi connectivity index (χ4v) is 11.5. The van der Waals surface area contributed by atoms with Crippen molar-refractivity contribution < 1.29 is 4.42 Å². The van der Waals surface area contributed by atoms with Crippen LogP contribution in [0.15, 0.2) is 144 Å². The molecule has 0 N–H and O–H groups in total. The van der Waals surface area contributed by atoms with E-state index in [2.05, 4.69) is 204 Å². The minimum Gasteiger partial charge on any atom is -0.456 e. The van der Waals surface area contributed by atoms with Crippen molar-refractivity contribution in [2.45, 2.75) is 66.2 Å². The van der Waals surface area contributed by atoms with Gasteiger partial charge in [-0.2, -0.15) is 0 Å². The molecule has 0 fully saturated rings. The average molecular weight is 799 g/mol. The van der Waals surface area contributed by atoms with Gasteiger partial charge in [0.15, 0.2) is 0 Å². The van der Waals surface area contributed by atoms with Gasteiger partial charge < -0.3 is 13.8 Å². The fourth-order valence-electron chi connectivity index (χ4n) is 11.5. The van der Waals surface area contributed by atoms with E-state index < -0.39 is 0 Å². The summed E-state index contributed by atoms with van der Waals surface area (Å²) in [6.07, 6.45) is 0. The van der Waals surface area contributed by atoms with Crippen LogP contribution in [-0.2, 0) is 10.8 Å². The molecule has 0 unspecified atom stereocenters. The highest BCUT2D eigenvalue weighted by atomic mass is 16.3. The summed E-state index contributed by atoms with van der Waals surface area (Å²) in [4.78, 5) is 2.61. The van der Waals surface area contributed by atoms with Gasteiger partial charge in [0.2, 0.25) is 0 Å². The Bertz CT molecular complexity index is 3780. The number of aromatic nitrogens is 1. The van der Waals surface area contributed by atoms with E-state index in [0.717, 1.165) is 16.6 Å². The van der Waals surface area contributed by atoms with Gasteiger partial charge in [-0.15, -0.1) is 0 Å². The lowest BCUT2D eigenvalue weighted by molar-refractivity contribution is 0.569. The largest absolute Gasteiger partial charge is 0.456 e. The summed E-state index contributed by atoms with van der Waals surface area (Å²) >= 11 is 0. The van der Waals surface area contributed by atoms with Gasteiger partial charge in [-0.05, 0) is 132 Å². The topological polar surface area (TPSA) is 21.3 Å². The minimum absolute atomic E-state index is 0.0645. The van der Waals surface area contributed by atoms with Crippen molar-refractivity contribution >= 4 is 111 Å². The highest BCUT2D eigenvalue weighted by Crippen LogP contribution is 2.52. The van der Waals surface area contributed by atoms with E-state index in [-0.39, 0.29) is 17.7 Å². The number of hydrogen-bond acceptors (Lipinski definition) is 2. The summed E-state index contributed by atoms with van der Waals surface area (Å²) in [6, 6.07) is 53.0. The molecule has 0 aliphatic carbocycles. The first kappa shape index (κ1) is 35.9. The lowest BCUT2D eigenvalue weighted by Gasteiger charge is -2.41. The lowest BCUT2D eigenvalue weighted by atomic mass is 9.44. The maximum absolute atomic E-state index is 7.00. The number of nitrogens with zero attached hydrogens (tertiary/aromatic N) is 2. The van der Waals surface area contributed by atoms with Crippen LogP contribution in [0.3, 0.4) is 0 Å². The standard InChI is InChI=1S/C58H47BN2O/c1-32-38-18-11-12-19-39(38)33(2)44-30-48-46(29-43(32)44)59-55-49(60(48)37-27-35(57(3,4)5)26-36(28-37)58(6,7)8)31-51-53(42-22-14-16-24-50(42)62-51)54(55)45-25-34-17-9-10-20-40(34)52-41-21-13-15-23-47(41)61(59)56(45)52/h9-31H,1-8H3. The first-order chi connectivity index (χ1) is 29.9. The van der Waals surface area contributed by atoms with Crippen LogP contribution in [0.25, 0.3) is 87.2 Å². The molecule has 4 heterocycles. The van der Waals surface area contributed by atoms with Gasteiger partial charge in [0.1, 0.15) is 11.2 Å². The summed E-state index contributed by atoms with van der Waals surface area (Å²) < 4.78 is 9.71. The minimum atomic E-state index is -0.108. The van der Waals surface area contributed by atoms with Gasteiger partial charge in [0.25, 0.3) is 0 Å². The Morgan fingerprint density at radius 1 is 0.500 bits per heavy atom. The highest BCUT2D eigenvalue weighted by molar-refractivity contribution is 6.90. The van der Waals surface area contributed by atoms with E-state index >= 15 is 0 Å². The molecule has 2 aliphatic rings. The van der Waals surface area contributed by atoms with Crippen LogP contribution in [-0.4, -0.2) is 11.3 Å². The van der Waals surface area contributed by atoms with Gasteiger partial charge in [0, 0.05) is 61.3 Å². The zero-order valence-corrected chi connectivity index (χ0v) is 36.7. The van der Waals surface area contributed by atoms with Crippen molar-refractivity contribution in [3.8, 4) is 11.1 Å². The number of aryl methyl sites for hydroxylation is 2. The van der Waals surface area contributed by atoms with Crippen molar-refractivity contribution in [1.29, 1.82) is 0 Å². The number of furan rings is 1. The molecule has 2 aromatic heterocycles. The third-order valence-electron chi connectivity index (χ3n) is 14.6. The normalized spacial score (nSPS) is 13.7. The Hall–Kier alpha value is -6.78. The molecule has 0 amide bonds. The quantitative estimate of drug-likeness (QED) is 0.122. The van der Waals surface area contributed by atoms with Crippen LogP contribution in [0, 0.1) is 13.8 Å². The molecular weight excluding hydrogens is 751 g/mol. The number of fused-ring (bicyclic) bond motifs is 15. The van der Waals surface area contributed by atoms with Crippen LogP contribution in [0.2, 0.25) is 0 Å². The number of anilines is 3. The maximum atomic E-state index is 7.00. The number of hydrogen-bond donors (Lipinski definition) is 0. The highest BCUT2D eigenvalue weighted by Gasteiger charge is 2.45. The second-order valence-corrected chi connectivity index (χ2v) is 20.2. The van der Waals surface area contributed by atoms with Gasteiger partial charge >= 0.3 is 6.85 Å². The number of rotatable bonds is 1. The summed E-state index contributed by atoms with van der Waals surface area (Å²) in [7, 11) is 0. The van der Waals surface area contributed by atoms with Gasteiger partial charge in [-0.1, -0.05) is 139 Å². The van der Waals surface area contributed by atoms with Gasteiger partial charge in [0.05, 0.1) is 0 Å². The molecule has 3 nitrogen and oxygen atoms in total. The molecule has 9 aromatic carbocycles. The molecule has 0 spiro atoms. The van der Waals surface area contributed by atoms with Crippen LogP contribution in [0.1, 0.15) is 63.8 Å². The smallest absolute Gasteiger partial charge is 0.333 e. The molecule has 2 aliphatic heterocycles. The summed E-state index contributed by atoms with van der Waals surface area (Å²) in [6.45, 7) is 18.6. The maximum Gasteiger partial charge on any atom is 0.333 e. The molecule has 0 radical (unpaired) electrons. The molecule has 13 rings (SSSR count). The van der Waals surface area contributed by atoms with Gasteiger partial charge in [-0.25, -0.2) is 0 Å². The Labute approximate surface area is 362 Å². The van der Waals surface area contributed by atoms with Crippen molar-refractivity contribution in [1.82, 2.24) is 4.48 Å². The van der Waals surface area contributed by atoms with Crippen LogP contribution < -0.4 is 15.8 Å². The molecule has 0 bridgehead atoms. The molecule has 11 aromatic rings. The zero-order valence-electron chi connectivity index (χ0n) is 36.7. The Morgan fingerprint density at radius 3 is 1.79 bits per heavy atom. The predicted octanol–water partition coefficient (Wildman–Crippen LogP) is 14.8. The Kier molecular flexibility index (Phi) is 6.94. The molecular formula is C58H47BN2O. The van der Waals surface area contributed by atoms with Crippen LogP contribution in [0.5, 0.6) is 0 Å². The van der Waals surface area contributed by atoms with Gasteiger partial charge in [-0.3, -0.25) is 0 Å². The second kappa shape index (κ2) is 12.0. The van der Waals surface area contributed by atoms with E-state index in [0.29, 0.717) is 0 Å². The van der Waals surface area contributed by atoms with Crippen molar-refractivity contribution in [2.75, 3.05) is 4.90 Å². The first-order valence-electron chi connectivity index (χ1n) is 22.2. The second-order valence-electron chi connectivity index (χ2n) is 20.2. The molecule has 0 saturated carbocycles. The van der Waals surface area contributed by atoms with E-state index in [1.807, 2.05) is 0 Å². The molecule has 62 heavy (non-hydrogen) atoms. The average Bonchev–Trinajstić information content (AvgIpc) is 3.82. The Morgan fingerprint density at radius 2 is 1.10 bits per heavy atom. The van der Waals surface area contributed by atoms with E-state index in [1.165, 1.54) is 121 Å². The van der Waals surface area contributed by atoms with E-state index in [4.69, 9.17) is 4.42 Å². The predicted molar refractivity (Wildman–Crippen MR) is 267 cm³/mol. The number of benzene rings is 9. The SMILES string of the molecule is Cc1c2ccccc2c(C)c2cc3c(cc12)B1c2c(cc4oc5ccccc5c4c2-c2cc4ccccc4c4c5ccccc5n1c24)N3c1cc(C(C)(C)C)cc(C(C)(C)C)c1. The molecule has 0 saturated heterocycles. The number of para-hydroxylation sites is 2. The molecule has 0 atom stereocenters. The summed E-state index contributed by atoms with van der Waals surface area (Å²) in [5, 5.41) is 12.7. The van der Waals surface area contributed by atoms with Crippen molar-refractivity contribution in [3.05, 3.63) is 162 Å². The first-order valence-corrected chi connectivity index (χ1v) is 22.2. The monoisotopic (exact) mass is 798 g/mol. The van der Waals surface area contributed by atoms with Crippen LogP contribution in [0.4, 0.5) is 17.1 Å². The van der Waals surface area contributed by atoms with Crippen molar-refractivity contribution in [2.24, 2.45) is 0 Å². The third-order valence-corrected chi connectivity index (χ3v) is 14.6. The lowest BCUT2D eigenvalue weighted by Crippen LogP contribution is -2.56. The third kappa shape index (κ3) is 4.62. The fraction of sp³-hybridized carbons (Fsp3) is 0.172.